The molecule has 5 N–H and O–H groups in total. The predicted molar refractivity (Wildman–Crippen MR) is 128 cm³/mol. The Kier molecular flexibility index (Phi) is 10.5. The van der Waals surface area contributed by atoms with Gasteiger partial charge in [-0.25, -0.2) is 4.79 Å². The molecule has 1 aromatic rings. The summed E-state index contributed by atoms with van der Waals surface area (Å²) >= 11 is 0. The predicted octanol–water partition coefficient (Wildman–Crippen LogP) is 1.46. The lowest BCUT2D eigenvalue weighted by molar-refractivity contribution is -0.144. The largest absolute Gasteiger partial charge is 0.444 e. The lowest BCUT2D eigenvalue weighted by atomic mass is 9.98. The second-order valence-corrected chi connectivity index (χ2v) is 9.53. The van der Waals surface area contributed by atoms with E-state index in [-0.39, 0.29) is 12.6 Å². The third-order valence-electron chi connectivity index (χ3n) is 4.86. The van der Waals surface area contributed by atoms with Crippen molar-refractivity contribution >= 4 is 23.8 Å². The standard InChI is InChI=1S/C24H38N4O6/c1-14(2)26-21(31)20(17-9-8-15(3)16(4)12-17)28(10-11-29)22(32)18(13-19(25)30)27-23(33)34-24(5,6)7/h8-9,12,14,18,20,29H,10-11,13H2,1-7H3,(H2,25,30)(H,26,31)(H,27,33). The summed E-state index contributed by atoms with van der Waals surface area (Å²) in [5, 5.41) is 14.9. The number of primary amides is 1. The van der Waals surface area contributed by atoms with Crippen LogP contribution in [0.5, 0.6) is 0 Å². The average Bonchev–Trinajstić information content (AvgIpc) is 2.66. The SMILES string of the molecule is Cc1ccc(C(C(=O)NC(C)C)N(CCO)C(=O)C(CC(N)=O)NC(=O)OC(C)(C)C)cc1C. The molecule has 10 nitrogen and oxygen atoms in total. The highest BCUT2D eigenvalue weighted by Gasteiger charge is 2.37. The molecule has 0 saturated carbocycles. The van der Waals surface area contributed by atoms with Crippen LogP contribution in [0.1, 0.15) is 63.8 Å². The summed E-state index contributed by atoms with van der Waals surface area (Å²) in [7, 11) is 0. The summed E-state index contributed by atoms with van der Waals surface area (Å²) in [5.41, 5.74) is 6.93. The minimum atomic E-state index is -1.39. The number of aliphatic hydroxyl groups is 1. The molecule has 0 radical (unpaired) electrons. The summed E-state index contributed by atoms with van der Waals surface area (Å²) in [6.07, 6.45) is -1.42. The van der Waals surface area contributed by atoms with Crippen molar-refractivity contribution in [2.75, 3.05) is 13.2 Å². The first-order chi connectivity index (χ1) is 15.7. The Morgan fingerprint density at radius 2 is 1.71 bits per heavy atom. The van der Waals surface area contributed by atoms with Crippen LogP contribution in [0, 0.1) is 13.8 Å². The molecule has 0 aliphatic rings. The molecule has 4 amide bonds. The third kappa shape index (κ3) is 9.01. The zero-order valence-electron chi connectivity index (χ0n) is 21.1. The molecule has 190 valence electrons. The van der Waals surface area contributed by atoms with Crippen molar-refractivity contribution < 1.29 is 29.0 Å². The maximum atomic E-state index is 13.6. The number of alkyl carbamates (subject to hydrolysis) is 1. The quantitative estimate of drug-likeness (QED) is 0.400. The first-order valence-corrected chi connectivity index (χ1v) is 11.2. The second-order valence-electron chi connectivity index (χ2n) is 9.53. The van der Waals surface area contributed by atoms with Crippen molar-refractivity contribution in [3.8, 4) is 0 Å². The number of nitrogens with zero attached hydrogens (tertiary/aromatic N) is 1. The van der Waals surface area contributed by atoms with Crippen molar-refractivity contribution in [3.63, 3.8) is 0 Å². The lowest BCUT2D eigenvalue weighted by Crippen LogP contribution is -2.55. The van der Waals surface area contributed by atoms with Crippen molar-refractivity contribution in [2.24, 2.45) is 5.73 Å². The van der Waals surface area contributed by atoms with Crippen LogP contribution in [0.3, 0.4) is 0 Å². The molecule has 34 heavy (non-hydrogen) atoms. The van der Waals surface area contributed by atoms with Gasteiger partial charge in [-0.2, -0.15) is 0 Å². The molecule has 0 aliphatic heterocycles. The van der Waals surface area contributed by atoms with Gasteiger partial charge in [-0.3, -0.25) is 14.4 Å². The van der Waals surface area contributed by atoms with Crippen molar-refractivity contribution in [1.29, 1.82) is 0 Å². The molecule has 10 heteroatoms. The number of amides is 4. The van der Waals surface area contributed by atoms with Crippen LogP contribution in [0.4, 0.5) is 4.79 Å². The first kappa shape index (κ1) is 28.9. The van der Waals surface area contributed by atoms with Crippen LogP contribution in [-0.4, -0.2) is 64.7 Å². The molecule has 0 aromatic heterocycles. The number of nitrogens with one attached hydrogen (secondary N) is 2. The fourth-order valence-corrected chi connectivity index (χ4v) is 3.30. The van der Waals surface area contributed by atoms with Gasteiger partial charge in [0, 0.05) is 12.6 Å². The van der Waals surface area contributed by atoms with Crippen LogP contribution >= 0.6 is 0 Å². The Balaban J connectivity index is 3.47. The van der Waals surface area contributed by atoms with Crippen LogP contribution in [0.25, 0.3) is 0 Å². The highest BCUT2D eigenvalue weighted by atomic mass is 16.6. The monoisotopic (exact) mass is 478 g/mol. The average molecular weight is 479 g/mol. The number of benzene rings is 1. The molecule has 1 aromatic carbocycles. The Morgan fingerprint density at radius 3 is 2.18 bits per heavy atom. The van der Waals surface area contributed by atoms with E-state index in [4.69, 9.17) is 10.5 Å². The highest BCUT2D eigenvalue weighted by molar-refractivity contribution is 5.94. The number of ether oxygens (including phenoxy) is 1. The van der Waals surface area contributed by atoms with E-state index >= 15 is 0 Å². The van der Waals surface area contributed by atoms with E-state index in [1.165, 1.54) is 0 Å². The summed E-state index contributed by atoms with van der Waals surface area (Å²) in [5.74, 6) is -2.04. The van der Waals surface area contributed by atoms with E-state index in [0.29, 0.717) is 5.56 Å². The Bertz CT molecular complexity index is 894. The van der Waals surface area contributed by atoms with Crippen molar-refractivity contribution in [2.45, 2.75) is 78.6 Å². The minimum absolute atomic E-state index is 0.214. The normalized spacial score (nSPS) is 13.1. The minimum Gasteiger partial charge on any atom is -0.444 e. The maximum absolute atomic E-state index is 13.6. The van der Waals surface area contributed by atoms with Crippen molar-refractivity contribution in [1.82, 2.24) is 15.5 Å². The summed E-state index contributed by atoms with van der Waals surface area (Å²) in [6, 6.07) is 2.64. The van der Waals surface area contributed by atoms with Gasteiger partial charge in [-0.15, -0.1) is 0 Å². The van der Waals surface area contributed by atoms with Gasteiger partial charge in [0.2, 0.25) is 17.7 Å². The molecule has 0 heterocycles. The van der Waals surface area contributed by atoms with Gasteiger partial charge in [0.25, 0.3) is 0 Å². The smallest absolute Gasteiger partial charge is 0.408 e. The van der Waals surface area contributed by atoms with E-state index in [0.717, 1.165) is 16.0 Å². The molecule has 0 aliphatic carbocycles. The number of aliphatic hydroxyl groups excluding tert-OH is 1. The third-order valence-corrected chi connectivity index (χ3v) is 4.86. The maximum Gasteiger partial charge on any atom is 0.408 e. The molecule has 2 unspecified atom stereocenters. The number of hydrogen-bond donors (Lipinski definition) is 4. The fraction of sp³-hybridized carbons (Fsp3) is 0.583. The van der Waals surface area contributed by atoms with Gasteiger partial charge in [0.05, 0.1) is 13.0 Å². The lowest BCUT2D eigenvalue weighted by Gasteiger charge is -2.34. The zero-order chi connectivity index (χ0) is 26.2. The van der Waals surface area contributed by atoms with E-state index in [9.17, 15) is 24.3 Å². The van der Waals surface area contributed by atoms with Gasteiger partial charge in [-0.05, 0) is 65.2 Å². The number of carbonyl (C=O) groups excluding carboxylic acids is 4. The van der Waals surface area contributed by atoms with Gasteiger partial charge >= 0.3 is 6.09 Å². The van der Waals surface area contributed by atoms with Crippen molar-refractivity contribution in [3.05, 3.63) is 34.9 Å². The van der Waals surface area contributed by atoms with Crippen LogP contribution in [0.15, 0.2) is 18.2 Å². The topological polar surface area (TPSA) is 151 Å². The summed E-state index contributed by atoms with van der Waals surface area (Å²) in [6.45, 7) is 11.7. The van der Waals surface area contributed by atoms with Crippen LogP contribution in [0.2, 0.25) is 0 Å². The molecular formula is C24H38N4O6. The number of hydrogen-bond acceptors (Lipinski definition) is 6. The van der Waals surface area contributed by atoms with Gasteiger partial charge < -0.3 is 31.1 Å². The molecular weight excluding hydrogens is 440 g/mol. The van der Waals surface area contributed by atoms with E-state index in [1.54, 1.807) is 46.8 Å². The highest BCUT2D eigenvalue weighted by Crippen LogP contribution is 2.25. The number of nitrogens with two attached hydrogens (primary N) is 1. The zero-order valence-corrected chi connectivity index (χ0v) is 21.1. The second kappa shape index (κ2) is 12.4. The molecule has 0 bridgehead atoms. The summed E-state index contributed by atoms with van der Waals surface area (Å²) in [4.78, 5) is 52.0. The summed E-state index contributed by atoms with van der Waals surface area (Å²) < 4.78 is 5.21. The Labute approximate surface area is 201 Å². The number of aryl methyl sites for hydroxylation is 2. The van der Waals surface area contributed by atoms with E-state index in [2.05, 4.69) is 10.6 Å². The number of carbonyl (C=O) groups is 4. The molecule has 0 saturated heterocycles. The van der Waals surface area contributed by atoms with E-state index in [1.807, 2.05) is 19.9 Å². The van der Waals surface area contributed by atoms with Crippen LogP contribution in [-0.2, 0) is 19.1 Å². The molecule has 2 atom stereocenters. The fourth-order valence-electron chi connectivity index (χ4n) is 3.30. The van der Waals surface area contributed by atoms with Gasteiger partial charge in [-0.1, -0.05) is 18.2 Å². The molecule has 0 spiro atoms. The molecule has 0 fully saturated rings. The van der Waals surface area contributed by atoms with E-state index < -0.39 is 54.5 Å². The Morgan fingerprint density at radius 1 is 1.09 bits per heavy atom. The molecule has 1 rings (SSSR count). The van der Waals surface area contributed by atoms with Gasteiger partial charge in [0.15, 0.2) is 0 Å². The first-order valence-electron chi connectivity index (χ1n) is 11.2. The van der Waals surface area contributed by atoms with Gasteiger partial charge in [0.1, 0.15) is 17.7 Å². The van der Waals surface area contributed by atoms with Crippen LogP contribution < -0.4 is 16.4 Å². The number of rotatable bonds is 10. The Hall–Kier alpha value is -3.14.